The molecule has 1 rings (SSSR count). The average molecular weight is 265 g/mol. The van der Waals surface area contributed by atoms with Gasteiger partial charge in [-0.15, -0.1) is 0 Å². The van der Waals surface area contributed by atoms with Gasteiger partial charge in [0.05, 0.1) is 20.1 Å². The highest BCUT2D eigenvalue weighted by Gasteiger charge is 2.15. The number of aryl methyl sites for hydroxylation is 1. The number of carbonyl (C=O) groups is 1. The van der Waals surface area contributed by atoms with Crippen LogP contribution in [0.25, 0.3) is 0 Å². The molecule has 0 amide bonds. The van der Waals surface area contributed by atoms with Gasteiger partial charge in [-0.25, -0.2) is 0 Å². The Morgan fingerprint density at radius 2 is 2.11 bits per heavy atom. The van der Waals surface area contributed by atoms with Crippen molar-refractivity contribution in [1.29, 1.82) is 0 Å². The normalized spacial score (nSPS) is 12.0. The first-order valence-corrected chi connectivity index (χ1v) is 6.54. The first kappa shape index (κ1) is 15.5. The van der Waals surface area contributed by atoms with Crippen LogP contribution in [0.4, 0.5) is 0 Å². The number of nitrogens with one attached hydrogen (secondary N) is 1. The number of esters is 1. The second kappa shape index (κ2) is 7.79. The van der Waals surface area contributed by atoms with E-state index in [2.05, 4.69) is 11.4 Å². The van der Waals surface area contributed by atoms with E-state index in [4.69, 9.17) is 9.47 Å². The van der Waals surface area contributed by atoms with Crippen molar-refractivity contribution in [2.45, 2.75) is 26.8 Å². The SMILES string of the molecule is CCC(CNCc1ccc(OC)c(C)c1)C(=O)OC. The molecule has 4 nitrogen and oxygen atoms in total. The third kappa shape index (κ3) is 4.56. The highest BCUT2D eigenvalue weighted by Crippen LogP contribution is 2.18. The molecule has 0 aliphatic carbocycles. The van der Waals surface area contributed by atoms with Crippen LogP contribution in [0.2, 0.25) is 0 Å². The van der Waals surface area contributed by atoms with Crippen molar-refractivity contribution in [2.75, 3.05) is 20.8 Å². The summed E-state index contributed by atoms with van der Waals surface area (Å²) in [6.07, 6.45) is 0.779. The highest BCUT2D eigenvalue weighted by molar-refractivity contribution is 5.72. The summed E-state index contributed by atoms with van der Waals surface area (Å²) in [4.78, 5) is 11.4. The minimum Gasteiger partial charge on any atom is -0.496 e. The molecule has 1 aromatic rings. The van der Waals surface area contributed by atoms with Crippen LogP contribution in [0.15, 0.2) is 18.2 Å². The molecule has 0 saturated heterocycles. The third-order valence-electron chi connectivity index (χ3n) is 3.21. The van der Waals surface area contributed by atoms with E-state index in [9.17, 15) is 4.79 Å². The van der Waals surface area contributed by atoms with Crippen LogP contribution in [-0.2, 0) is 16.1 Å². The first-order valence-electron chi connectivity index (χ1n) is 6.54. The Kier molecular flexibility index (Phi) is 6.36. The van der Waals surface area contributed by atoms with E-state index >= 15 is 0 Å². The molecule has 1 unspecified atom stereocenters. The fourth-order valence-corrected chi connectivity index (χ4v) is 2.00. The van der Waals surface area contributed by atoms with Gasteiger partial charge in [-0.1, -0.05) is 19.1 Å². The average Bonchev–Trinajstić information content (AvgIpc) is 2.43. The van der Waals surface area contributed by atoms with Gasteiger partial charge in [-0.3, -0.25) is 4.79 Å². The van der Waals surface area contributed by atoms with E-state index < -0.39 is 0 Å². The third-order valence-corrected chi connectivity index (χ3v) is 3.21. The van der Waals surface area contributed by atoms with Crippen LogP contribution < -0.4 is 10.1 Å². The molecule has 0 radical (unpaired) electrons. The van der Waals surface area contributed by atoms with E-state index in [1.54, 1.807) is 7.11 Å². The zero-order chi connectivity index (χ0) is 14.3. The lowest BCUT2D eigenvalue weighted by molar-refractivity contribution is -0.145. The van der Waals surface area contributed by atoms with Gasteiger partial charge in [-0.05, 0) is 30.5 Å². The van der Waals surface area contributed by atoms with Crippen molar-refractivity contribution in [3.63, 3.8) is 0 Å². The quantitative estimate of drug-likeness (QED) is 0.768. The van der Waals surface area contributed by atoms with Crippen molar-refractivity contribution in [2.24, 2.45) is 5.92 Å². The van der Waals surface area contributed by atoms with Gasteiger partial charge in [-0.2, -0.15) is 0 Å². The summed E-state index contributed by atoms with van der Waals surface area (Å²) in [5.41, 5.74) is 2.29. The van der Waals surface area contributed by atoms with Gasteiger partial charge in [0.2, 0.25) is 0 Å². The standard InChI is InChI=1S/C15H23NO3/c1-5-13(15(17)19-4)10-16-9-12-6-7-14(18-3)11(2)8-12/h6-8,13,16H,5,9-10H2,1-4H3. The Hall–Kier alpha value is -1.55. The maximum atomic E-state index is 11.4. The molecule has 0 bridgehead atoms. The van der Waals surface area contributed by atoms with E-state index in [1.165, 1.54) is 12.7 Å². The minimum absolute atomic E-state index is 0.0793. The molecule has 0 aliphatic rings. The van der Waals surface area contributed by atoms with Gasteiger partial charge in [0.25, 0.3) is 0 Å². The van der Waals surface area contributed by atoms with E-state index in [0.29, 0.717) is 6.54 Å². The summed E-state index contributed by atoms with van der Waals surface area (Å²) in [6, 6.07) is 6.08. The second-order valence-corrected chi connectivity index (χ2v) is 4.56. The molecule has 0 fully saturated rings. The molecule has 19 heavy (non-hydrogen) atoms. The number of rotatable bonds is 7. The van der Waals surface area contributed by atoms with Crippen molar-refractivity contribution in [1.82, 2.24) is 5.32 Å². The smallest absolute Gasteiger partial charge is 0.309 e. The van der Waals surface area contributed by atoms with Crippen LogP contribution in [0.3, 0.4) is 0 Å². The van der Waals surface area contributed by atoms with Gasteiger partial charge in [0.1, 0.15) is 5.75 Å². The van der Waals surface area contributed by atoms with Gasteiger partial charge in [0, 0.05) is 13.1 Å². The number of hydrogen-bond acceptors (Lipinski definition) is 4. The second-order valence-electron chi connectivity index (χ2n) is 4.56. The zero-order valence-electron chi connectivity index (χ0n) is 12.2. The predicted octanol–water partition coefficient (Wildman–Crippen LogP) is 2.29. The van der Waals surface area contributed by atoms with E-state index in [-0.39, 0.29) is 11.9 Å². The number of hydrogen-bond donors (Lipinski definition) is 1. The lowest BCUT2D eigenvalue weighted by Crippen LogP contribution is -2.28. The molecule has 1 N–H and O–H groups in total. The van der Waals surface area contributed by atoms with Gasteiger partial charge >= 0.3 is 5.97 Å². The Morgan fingerprint density at radius 1 is 1.37 bits per heavy atom. The van der Waals surface area contributed by atoms with Crippen LogP contribution in [-0.4, -0.2) is 26.7 Å². The van der Waals surface area contributed by atoms with Crippen molar-refractivity contribution >= 4 is 5.97 Å². The molecule has 0 aromatic heterocycles. The Balaban J connectivity index is 2.48. The number of carbonyl (C=O) groups excluding carboxylic acids is 1. The van der Waals surface area contributed by atoms with Crippen molar-refractivity contribution < 1.29 is 14.3 Å². The maximum Gasteiger partial charge on any atom is 0.309 e. The largest absolute Gasteiger partial charge is 0.496 e. The number of methoxy groups -OCH3 is 2. The van der Waals surface area contributed by atoms with E-state index in [1.807, 2.05) is 26.0 Å². The Bertz CT molecular complexity index is 418. The summed E-state index contributed by atoms with van der Waals surface area (Å²) in [6.45, 7) is 5.37. The molecular formula is C15H23NO3. The summed E-state index contributed by atoms with van der Waals surface area (Å²) in [7, 11) is 3.10. The molecular weight excluding hydrogens is 242 g/mol. The molecule has 0 heterocycles. The van der Waals surface area contributed by atoms with Gasteiger partial charge < -0.3 is 14.8 Å². The summed E-state index contributed by atoms with van der Waals surface area (Å²) in [5, 5.41) is 3.29. The molecule has 0 saturated carbocycles. The zero-order valence-corrected chi connectivity index (χ0v) is 12.2. The summed E-state index contributed by atoms with van der Waals surface area (Å²) < 4.78 is 9.98. The van der Waals surface area contributed by atoms with E-state index in [0.717, 1.165) is 24.3 Å². The molecule has 1 atom stereocenters. The maximum absolute atomic E-state index is 11.4. The van der Waals surface area contributed by atoms with Crippen molar-refractivity contribution in [3.05, 3.63) is 29.3 Å². The van der Waals surface area contributed by atoms with Crippen LogP contribution in [0.5, 0.6) is 5.75 Å². The fourth-order valence-electron chi connectivity index (χ4n) is 2.00. The van der Waals surface area contributed by atoms with Crippen LogP contribution >= 0.6 is 0 Å². The molecule has 1 aromatic carbocycles. The number of benzene rings is 1. The number of ether oxygens (including phenoxy) is 2. The Labute approximate surface area is 115 Å². The summed E-state index contributed by atoms with van der Waals surface area (Å²) in [5.74, 6) is 0.662. The van der Waals surface area contributed by atoms with Crippen LogP contribution in [0, 0.1) is 12.8 Å². The van der Waals surface area contributed by atoms with Gasteiger partial charge in [0.15, 0.2) is 0 Å². The highest BCUT2D eigenvalue weighted by atomic mass is 16.5. The predicted molar refractivity (Wildman–Crippen MR) is 75.2 cm³/mol. The summed E-state index contributed by atoms with van der Waals surface area (Å²) >= 11 is 0. The topological polar surface area (TPSA) is 47.6 Å². The lowest BCUT2D eigenvalue weighted by atomic mass is 10.1. The molecule has 4 heteroatoms. The molecule has 0 spiro atoms. The Morgan fingerprint density at radius 3 is 2.63 bits per heavy atom. The molecule has 0 aliphatic heterocycles. The fraction of sp³-hybridized carbons (Fsp3) is 0.533. The van der Waals surface area contributed by atoms with Crippen LogP contribution in [0.1, 0.15) is 24.5 Å². The lowest BCUT2D eigenvalue weighted by Gasteiger charge is -2.14. The monoisotopic (exact) mass is 265 g/mol. The first-order chi connectivity index (χ1) is 9.12. The van der Waals surface area contributed by atoms with Crippen molar-refractivity contribution in [3.8, 4) is 5.75 Å². The molecule has 106 valence electrons. The minimum atomic E-state index is -0.152.